The average Bonchev–Trinajstić information content (AvgIpc) is 2.31. The van der Waals surface area contributed by atoms with Crippen molar-refractivity contribution in [1.29, 1.82) is 0 Å². The molecule has 1 atom stereocenters. The second-order valence-electron chi connectivity index (χ2n) is 3.98. The summed E-state index contributed by atoms with van der Waals surface area (Å²) in [5, 5.41) is 0. The van der Waals surface area contributed by atoms with E-state index in [4.69, 9.17) is 10.5 Å². The molecule has 0 heterocycles. The molecule has 0 aromatic heterocycles. The van der Waals surface area contributed by atoms with E-state index < -0.39 is 11.6 Å². The predicted molar refractivity (Wildman–Crippen MR) is 64.4 cm³/mol. The lowest BCUT2D eigenvalue weighted by molar-refractivity contribution is 0.382. The molecule has 1 aromatic carbocycles. The van der Waals surface area contributed by atoms with Gasteiger partial charge in [-0.15, -0.1) is 0 Å². The topological polar surface area (TPSA) is 38.5 Å². The first-order chi connectivity index (χ1) is 8.01. The van der Waals surface area contributed by atoms with Crippen molar-refractivity contribution in [3.63, 3.8) is 0 Å². The van der Waals surface area contributed by atoms with Gasteiger partial charge in [-0.2, -0.15) is 0 Å². The highest BCUT2D eigenvalue weighted by atomic mass is 19.1. The highest BCUT2D eigenvalue weighted by molar-refractivity contribution is 5.51. The normalized spacial score (nSPS) is 12.4. The SMILES string of the molecule is COc1cc(F)c(N(C)C(C)CCN)cc1F. The van der Waals surface area contributed by atoms with Gasteiger partial charge >= 0.3 is 0 Å². The first kappa shape index (κ1) is 13.7. The molecule has 96 valence electrons. The molecule has 0 amide bonds. The van der Waals surface area contributed by atoms with Gasteiger partial charge in [-0.1, -0.05) is 0 Å². The Balaban J connectivity index is 3.01. The van der Waals surface area contributed by atoms with Crippen LogP contribution in [0.3, 0.4) is 0 Å². The van der Waals surface area contributed by atoms with E-state index in [9.17, 15) is 8.78 Å². The second-order valence-corrected chi connectivity index (χ2v) is 3.98. The number of rotatable bonds is 5. The lowest BCUT2D eigenvalue weighted by atomic mass is 10.1. The van der Waals surface area contributed by atoms with Gasteiger partial charge in [-0.3, -0.25) is 0 Å². The highest BCUT2D eigenvalue weighted by Gasteiger charge is 2.17. The van der Waals surface area contributed by atoms with Crippen LogP contribution in [0.15, 0.2) is 12.1 Å². The molecular weight excluding hydrogens is 226 g/mol. The van der Waals surface area contributed by atoms with E-state index in [-0.39, 0.29) is 17.5 Å². The fourth-order valence-electron chi connectivity index (χ4n) is 1.62. The van der Waals surface area contributed by atoms with Crippen molar-refractivity contribution in [1.82, 2.24) is 0 Å². The molecule has 3 nitrogen and oxygen atoms in total. The van der Waals surface area contributed by atoms with E-state index in [0.717, 1.165) is 12.1 Å². The number of nitrogens with zero attached hydrogens (tertiary/aromatic N) is 1. The molecular formula is C12H18F2N2O. The first-order valence-electron chi connectivity index (χ1n) is 5.47. The maximum atomic E-state index is 13.7. The minimum Gasteiger partial charge on any atom is -0.494 e. The smallest absolute Gasteiger partial charge is 0.167 e. The quantitative estimate of drug-likeness (QED) is 0.862. The number of ether oxygens (including phenoxy) is 1. The van der Waals surface area contributed by atoms with Gasteiger partial charge in [0.15, 0.2) is 11.6 Å². The Bertz CT molecular complexity index is 385. The molecule has 0 bridgehead atoms. The van der Waals surface area contributed by atoms with Gasteiger partial charge in [0.05, 0.1) is 12.8 Å². The molecule has 0 spiro atoms. The summed E-state index contributed by atoms with van der Waals surface area (Å²) < 4.78 is 32.0. The van der Waals surface area contributed by atoms with Crippen molar-refractivity contribution < 1.29 is 13.5 Å². The van der Waals surface area contributed by atoms with Crippen molar-refractivity contribution in [2.75, 3.05) is 25.6 Å². The minimum absolute atomic E-state index is 0.0438. The number of anilines is 1. The lowest BCUT2D eigenvalue weighted by Crippen LogP contribution is -2.31. The van der Waals surface area contributed by atoms with Crippen molar-refractivity contribution in [2.45, 2.75) is 19.4 Å². The van der Waals surface area contributed by atoms with Crippen LogP contribution in [0.2, 0.25) is 0 Å². The summed E-state index contributed by atoms with van der Waals surface area (Å²) in [5.41, 5.74) is 5.66. The monoisotopic (exact) mass is 244 g/mol. The molecule has 1 unspecified atom stereocenters. The Morgan fingerprint density at radius 3 is 2.53 bits per heavy atom. The zero-order valence-electron chi connectivity index (χ0n) is 10.3. The number of benzene rings is 1. The van der Waals surface area contributed by atoms with Gasteiger partial charge in [-0.05, 0) is 19.9 Å². The van der Waals surface area contributed by atoms with Crippen molar-refractivity contribution in [3.8, 4) is 5.75 Å². The van der Waals surface area contributed by atoms with Gasteiger partial charge in [-0.25, -0.2) is 8.78 Å². The third-order valence-corrected chi connectivity index (χ3v) is 2.85. The van der Waals surface area contributed by atoms with E-state index in [0.29, 0.717) is 13.0 Å². The fourth-order valence-corrected chi connectivity index (χ4v) is 1.62. The number of halogens is 2. The molecule has 0 aliphatic heterocycles. The molecule has 17 heavy (non-hydrogen) atoms. The molecule has 0 radical (unpaired) electrons. The maximum Gasteiger partial charge on any atom is 0.167 e. The third kappa shape index (κ3) is 3.06. The first-order valence-corrected chi connectivity index (χ1v) is 5.47. The molecule has 0 saturated heterocycles. The molecule has 5 heteroatoms. The average molecular weight is 244 g/mol. The summed E-state index contributed by atoms with van der Waals surface area (Å²) in [6.45, 7) is 2.42. The van der Waals surface area contributed by atoms with Crippen molar-refractivity contribution in [3.05, 3.63) is 23.8 Å². The lowest BCUT2D eigenvalue weighted by Gasteiger charge is -2.27. The molecule has 0 aliphatic rings. The van der Waals surface area contributed by atoms with Crippen molar-refractivity contribution in [2.24, 2.45) is 5.73 Å². The highest BCUT2D eigenvalue weighted by Crippen LogP contribution is 2.28. The van der Waals surface area contributed by atoms with Crippen LogP contribution in [-0.4, -0.2) is 26.7 Å². The van der Waals surface area contributed by atoms with Gasteiger partial charge in [0.25, 0.3) is 0 Å². The van der Waals surface area contributed by atoms with Crippen LogP contribution in [0.5, 0.6) is 5.75 Å². The standard InChI is InChI=1S/C12H18F2N2O/c1-8(4-5-15)16(2)11-6-10(14)12(17-3)7-9(11)13/h6-8H,4-5,15H2,1-3H3. The summed E-state index contributed by atoms with van der Waals surface area (Å²) >= 11 is 0. The number of hydrogen-bond donors (Lipinski definition) is 1. The zero-order valence-corrected chi connectivity index (χ0v) is 10.3. The van der Waals surface area contributed by atoms with Crippen LogP contribution < -0.4 is 15.4 Å². The Kier molecular flexibility index (Phi) is 4.69. The Morgan fingerprint density at radius 2 is 2.00 bits per heavy atom. The molecule has 0 saturated carbocycles. The molecule has 0 aliphatic carbocycles. The fraction of sp³-hybridized carbons (Fsp3) is 0.500. The molecule has 2 N–H and O–H groups in total. The number of nitrogens with two attached hydrogens (primary N) is 1. The van der Waals surface area contributed by atoms with Crippen LogP contribution in [0.25, 0.3) is 0 Å². The minimum atomic E-state index is -0.573. The van der Waals surface area contributed by atoms with E-state index in [1.807, 2.05) is 6.92 Å². The van der Waals surface area contributed by atoms with Crippen LogP contribution in [-0.2, 0) is 0 Å². The van der Waals surface area contributed by atoms with Crippen LogP contribution >= 0.6 is 0 Å². The number of methoxy groups -OCH3 is 1. The molecule has 0 fully saturated rings. The predicted octanol–water partition coefficient (Wildman–Crippen LogP) is 2.15. The Labute approximate surface area is 100 Å². The summed E-state index contributed by atoms with van der Waals surface area (Å²) in [5.74, 6) is -1.17. The van der Waals surface area contributed by atoms with Crippen molar-refractivity contribution >= 4 is 5.69 Å². The maximum absolute atomic E-state index is 13.7. The van der Waals surface area contributed by atoms with Gasteiger partial charge in [0.2, 0.25) is 0 Å². The van der Waals surface area contributed by atoms with Crippen LogP contribution in [0.1, 0.15) is 13.3 Å². The third-order valence-electron chi connectivity index (χ3n) is 2.85. The Morgan fingerprint density at radius 1 is 1.35 bits per heavy atom. The van der Waals surface area contributed by atoms with E-state index >= 15 is 0 Å². The zero-order chi connectivity index (χ0) is 13.0. The van der Waals surface area contributed by atoms with Gasteiger partial charge in [0.1, 0.15) is 5.82 Å². The summed E-state index contributed by atoms with van der Waals surface area (Å²) in [4.78, 5) is 1.67. The second kappa shape index (κ2) is 5.82. The van der Waals surface area contributed by atoms with E-state index in [1.165, 1.54) is 7.11 Å². The summed E-state index contributed by atoms with van der Waals surface area (Å²) in [6.07, 6.45) is 0.712. The largest absolute Gasteiger partial charge is 0.494 e. The van der Waals surface area contributed by atoms with Crippen LogP contribution in [0, 0.1) is 11.6 Å². The van der Waals surface area contributed by atoms with Crippen LogP contribution in [0.4, 0.5) is 14.5 Å². The van der Waals surface area contributed by atoms with Gasteiger partial charge in [0, 0.05) is 25.2 Å². The van der Waals surface area contributed by atoms with Gasteiger partial charge < -0.3 is 15.4 Å². The van der Waals surface area contributed by atoms with E-state index in [2.05, 4.69) is 0 Å². The molecule has 1 aromatic rings. The summed E-state index contributed by atoms with van der Waals surface area (Å²) in [6, 6.07) is 2.24. The number of hydrogen-bond acceptors (Lipinski definition) is 3. The Hall–Kier alpha value is -1.36. The molecule has 1 rings (SSSR count). The summed E-state index contributed by atoms with van der Waals surface area (Å²) in [7, 11) is 3.02. The van der Waals surface area contributed by atoms with E-state index in [1.54, 1.807) is 11.9 Å².